The normalized spacial score (nSPS) is 50.9. The quantitative estimate of drug-likeness (QED) is 0.264. The van der Waals surface area contributed by atoms with Crippen LogP contribution >= 0.6 is 0 Å². The molecule has 0 aromatic carbocycles. The topological polar surface area (TPSA) is 153 Å². The molecule has 0 unspecified atom stereocenters. The van der Waals surface area contributed by atoms with Crippen molar-refractivity contribution in [2.45, 2.75) is 172 Å². The zero-order valence-electron chi connectivity index (χ0n) is 30.0. The van der Waals surface area contributed by atoms with Crippen molar-refractivity contribution in [3.8, 4) is 0 Å². The van der Waals surface area contributed by atoms with E-state index in [1.807, 2.05) is 20.8 Å². The van der Waals surface area contributed by atoms with Gasteiger partial charge in [0.25, 0.3) is 0 Å². The summed E-state index contributed by atoms with van der Waals surface area (Å²) in [6.45, 7) is 15.6. The van der Waals surface area contributed by atoms with E-state index in [2.05, 4.69) is 27.7 Å². The number of carboxylic acids is 1. The SMILES string of the molecule is CC[C@@]1([C@H]2O[C@H]([C@@H]3O[C@@](O)(CO)[C@@H](C)C[C@H]3C)C[C@@H]2C)CC[C@@H]([C@@]2(C)CC[C@]3(C[C@@H](O)[C@H](C)[C@H]([C@H](C)[C@H](OC)[C@@H](C)C(=O)O)O3)O2)O1. The molecule has 272 valence electrons. The van der Waals surface area contributed by atoms with Crippen molar-refractivity contribution < 1.29 is 53.6 Å². The maximum Gasteiger partial charge on any atom is 0.308 e. The number of aliphatic carboxylic acids is 1. The van der Waals surface area contributed by atoms with E-state index in [0.29, 0.717) is 19.3 Å². The number of aliphatic hydroxyl groups is 3. The predicted molar refractivity (Wildman–Crippen MR) is 172 cm³/mol. The summed E-state index contributed by atoms with van der Waals surface area (Å²) in [4.78, 5) is 11.8. The summed E-state index contributed by atoms with van der Waals surface area (Å²) in [6.07, 6.45) is 2.99. The summed E-state index contributed by atoms with van der Waals surface area (Å²) in [5, 5.41) is 41.8. The molecule has 5 fully saturated rings. The number of aliphatic hydroxyl groups excluding tert-OH is 2. The third kappa shape index (κ3) is 6.67. The largest absolute Gasteiger partial charge is 0.481 e. The molecule has 5 aliphatic heterocycles. The summed E-state index contributed by atoms with van der Waals surface area (Å²) in [5.74, 6) is -4.52. The van der Waals surface area contributed by atoms with Gasteiger partial charge in [-0.3, -0.25) is 4.79 Å². The van der Waals surface area contributed by atoms with Crippen LogP contribution in [0.1, 0.15) is 107 Å². The summed E-state index contributed by atoms with van der Waals surface area (Å²) < 4.78 is 39.4. The molecule has 47 heavy (non-hydrogen) atoms. The molecule has 0 aliphatic carbocycles. The van der Waals surface area contributed by atoms with Gasteiger partial charge in [0.15, 0.2) is 11.6 Å². The zero-order chi connectivity index (χ0) is 34.7. The van der Waals surface area contributed by atoms with Gasteiger partial charge in [-0.15, -0.1) is 0 Å². The van der Waals surface area contributed by atoms with Crippen molar-refractivity contribution in [3.63, 3.8) is 0 Å². The predicted octanol–water partition coefficient (Wildman–Crippen LogP) is 4.27. The Morgan fingerprint density at radius 1 is 1.02 bits per heavy atom. The van der Waals surface area contributed by atoms with Crippen molar-refractivity contribution in [1.29, 1.82) is 0 Å². The van der Waals surface area contributed by atoms with Gasteiger partial charge in [0, 0.05) is 37.7 Å². The molecule has 0 bridgehead atoms. The first kappa shape index (κ1) is 37.4. The van der Waals surface area contributed by atoms with Gasteiger partial charge < -0.3 is 48.8 Å². The molecule has 0 amide bonds. The van der Waals surface area contributed by atoms with E-state index in [0.717, 1.165) is 32.1 Å². The highest BCUT2D eigenvalue weighted by atomic mass is 16.7. The fraction of sp³-hybridized carbons (Fsp3) is 0.972. The van der Waals surface area contributed by atoms with Crippen molar-refractivity contribution in [2.75, 3.05) is 13.7 Å². The summed E-state index contributed by atoms with van der Waals surface area (Å²) in [6, 6.07) is 0. The minimum absolute atomic E-state index is 0.153. The highest BCUT2D eigenvalue weighted by Gasteiger charge is 2.62. The average molecular weight is 671 g/mol. The Hall–Kier alpha value is -0.890. The molecule has 17 atom stereocenters. The lowest BCUT2D eigenvalue weighted by molar-refractivity contribution is -0.336. The zero-order valence-corrected chi connectivity index (χ0v) is 30.0. The fourth-order valence-electron chi connectivity index (χ4n) is 9.91. The number of hydrogen-bond donors (Lipinski definition) is 4. The Bertz CT molecular complexity index is 1110. The molecular weight excluding hydrogens is 608 g/mol. The first-order valence-corrected chi connectivity index (χ1v) is 18.1. The summed E-state index contributed by atoms with van der Waals surface area (Å²) in [7, 11) is 1.52. The van der Waals surface area contributed by atoms with Gasteiger partial charge >= 0.3 is 5.97 Å². The second-order valence-corrected chi connectivity index (χ2v) is 16.3. The molecule has 1 spiro atoms. The van der Waals surface area contributed by atoms with Gasteiger partial charge in [-0.05, 0) is 64.2 Å². The van der Waals surface area contributed by atoms with Gasteiger partial charge in [-0.2, -0.15) is 0 Å². The molecule has 0 radical (unpaired) electrons. The Morgan fingerprint density at radius 2 is 1.72 bits per heavy atom. The summed E-state index contributed by atoms with van der Waals surface area (Å²) >= 11 is 0. The van der Waals surface area contributed by atoms with Crippen LogP contribution in [0.15, 0.2) is 0 Å². The second-order valence-electron chi connectivity index (χ2n) is 16.3. The highest BCUT2D eigenvalue weighted by Crippen LogP contribution is 2.55. The number of carboxylic acid groups (broad SMARTS) is 1. The summed E-state index contributed by atoms with van der Waals surface area (Å²) in [5.41, 5.74) is -1.15. The minimum Gasteiger partial charge on any atom is -0.481 e. The Kier molecular flexibility index (Phi) is 10.9. The molecule has 5 saturated heterocycles. The molecule has 0 saturated carbocycles. The van der Waals surface area contributed by atoms with E-state index in [9.17, 15) is 25.2 Å². The third-order valence-electron chi connectivity index (χ3n) is 13.0. The van der Waals surface area contributed by atoms with Crippen LogP contribution in [-0.4, -0.2) is 106 Å². The van der Waals surface area contributed by atoms with E-state index in [4.69, 9.17) is 28.4 Å². The lowest BCUT2D eigenvalue weighted by atomic mass is 9.78. The molecule has 11 nitrogen and oxygen atoms in total. The number of ether oxygens (including phenoxy) is 6. The van der Waals surface area contributed by atoms with Crippen LogP contribution in [0.25, 0.3) is 0 Å². The highest BCUT2D eigenvalue weighted by molar-refractivity contribution is 5.70. The maximum atomic E-state index is 11.8. The molecule has 0 aromatic rings. The van der Waals surface area contributed by atoms with Gasteiger partial charge in [0.1, 0.15) is 0 Å². The standard InChI is InChI=1S/C36H62O11/c1-10-34(31-20(3)16-26(43-31)28-19(2)15-21(4)36(41,18-37)46-28)12-11-27(44-34)33(8)13-14-35(47-33)17-25(38)22(5)30(45-35)23(6)29(42-9)24(7)32(39)40/h19-31,37-38,41H,10-18H2,1-9H3,(H,39,40)/t19-,20+,21+,22+,23-,24-,25-,26+,27+,28-,29+,30-,31+,33-,34+,35-,36+/m1/s1. The monoisotopic (exact) mass is 670 g/mol. The van der Waals surface area contributed by atoms with Gasteiger partial charge in [0.05, 0.1) is 66.5 Å². The van der Waals surface area contributed by atoms with Crippen molar-refractivity contribution in [1.82, 2.24) is 0 Å². The van der Waals surface area contributed by atoms with Gasteiger partial charge in [-0.1, -0.05) is 41.5 Å². The van der Waals surface area contributed by atoms with Gasteiger partial charge in [-0.25, -0.2) is 0 Å². The Morgan fingerprint density at radius 3 is 2.34 bits per heavy atom. The molecular formula is C36H62O11. The van der Waals surface area contributed by atoms with Crippen LogP contribution in [0.3, 0.4) is 0 Å². The smallest absolute Gasteiger partial charge is 0.308 e. The fourth-order valence-corrected chi connectivity index (χ4v) is 9.91. The number of hydrogen-bond acceptors (Lipinski definition) is 10. The molecule has 0 aromatic heterocycles. The van der Waals surface area contributed by atoms with Crippen molar-refractivity contribution >= 4 is 5.97 Å². The van der Waals surface area contributed by atoms with Gasteiger partial charge in [0.2, 0.25) is 0 Å². The van der Waals surface area contributed by atoms with Crippen LogP contribution in [-0.2, 0) is 33.2 Å². The van der Waals surface area contributed by atoms with E-state index in [1.54, 1.807) is 6.92 Å². The molecule has 5 aliphatic rings. The van der Waals surface area contributed by atoms with E-state index >= 15 is 0 Å². The average Bonchev–Trinajstić information content (AvgIpc) is 3.73. The minimum atomic E-state index is -1.56. The van der Waals surface area contributed by atoms with Crippen LogP contribution in [0, 0.1) is 35.5 Å². The third-order valence-corrected chi connectivity index (χ3v) is 13.0. The second kappa shape index (κ2) is 13.7. The molecule has 11 heteroatoms. The number of rotatable bonds is 10. The molecule has 4 N–H and O–H groups in total. The lowest BCUT2D eigenvalue weighted by Crippen LogP contribution is -2.57. The Labute approximate surface area is 281 Å². The Balaban J connectivity index is 1.29. The maximum absolute atomic E-state index is 11.8. The lowest BCUT2D eigenvalue weighted by Gasteiger charge is -2.49. The first-order valence-electron chi connectivity index (χ1n) is 18.1. The van der Waals surface area contributed by atoms with Crippen molar-refractivity contribution in [2.24, 2.45) is 35.5 Å². The van der Waals surface area contributed by atoms with Crippen LogP contribution in [0.2, 0.25) is 0 Å². The molecule has 5 rings (SSSR count). The first-order chi connectivity index (χ1) is 22.0. The van der Waals surface area contributed by atoms with E-state index in [-0.39, 0.29) is 54.0 Å². The van der Waals surface area contributed by atoms with Crippen LogP contribution < -0.4 is 0 Å². The van der Waals surface area contributed by atoms with Crippen LogP contribution in [0.4, 0.5) is 0 Å². The van der Waals surface area contributed by atoms with Crippen molar-refractivity contribution in [3.05, 3.63) is 0 Å². The van der Waals surface area contributed by atoms with Crippen LogP contribution in [0.5, 0.6) is 0 Å². The number of carbonyl (C=O) groups is 1. The molecule has 5 heterocycles. The van der Waals surface area contributed by atoms with E-state index < -0.39 is 59.6 Å². The number of methoxy groups -OCH3 is 1. The van der Waals surface area contributed by atoms with E-state index in [1.165, 1.54) is 7.11 Å².